The lowest BCUT2D eigenvalue weighted by Gasteiger charge is -2.71. The highest BCUT2D eigenvalue weighted by Crippen LogP contribution is 2.76. The molecule has 2 aliphatic heterocycles. The second kappa shape index (κ2) is 8.79. The number of ether oxygens (including phenoxy) is 2. The third-order valence-corrected chi connectivity index (χ3v) is 14.5. The molecular weight excluding hydrogens is 472 g/mol. The highest BCUT2D eigenvalue weighted by atomic mass is 16.7. The lowest BCUT2D eigenvalue weighted by Crippen LogP contribution is -2.66. The first-order valence-corrected chi connectivity index (χ1v) is 16.1. The van der Waals surface area contributed by atoms with Crippen molar-refractivity contribution >= 4 is 0 Å². The zero-order chi connectivity index (χ0) is 27.4. The van der Waals surface area contributed by atoms with Gasteiger partial charge in [-0.05, 0) is 104 Å². The molecule has 0 aromatic carbocycles. The van der Waals surface area contributed by atoms with Crippen molar-refractivity contribution in [1.82, 2.24) is 0 Å². The number of allylic oxidation sites excluding steroid dienone is 2. The van der Waals surface area contributed by atoms with Crippen molar-refractivity contribution in [3.63, 3.8) is 0 Å². The number of aliphatic hydroxyl groups excluding tert-OH is 2. The van der Waals surface area contributed by atoms with Crippen LogP contribution in [0.4, 0.5) is 0 Å². The molecule has 0 radical (unpaired) electrons. The lowest BCUT2D eigenvalue weighted by atomic mass is 9.33. The van der Waals surface area contributed by atoms with Crippen LogP contribution in [0.25, 0.3) is 0 Å². The molecule has 38 heavy (non-hydrogen) atoms. The van der Waals surface area contributed by atoms with Crippen molar-refractivity contribution < 1.29 is 19.7 Å². The highest BCUT2D eigenvalue weighted by Gasteiger charge is 2.71. The van der Waals surface area contributed by atoms with Crippen molar-refractivity contribution in [2.45, 2.75) is 138 Å². The minimum atomic E-state index is -0.334. The smallest absolute Gasteiger partial charge is 0.162 e. The monoisotopic (exact) mass is 528 g/mol. The Bertz CT molecular complexity index is 974. The fourth-order valence-electron chi connectivity index (χ4n) is 11.8. The van der Waals surface area contributed by atoms with Crippen LogP contribution >= 0.6 is 0 Å². The molecule has 0 aromatic rings. The summed E-state index contributed by atoms with van der Waals surface area (Å²) in [5, 5.41) is 23.1. The lowest BCUT2D eigenvalue weighted by molar-refractivity contribution is -0.216. The first-order chi connectivity index (χ1) is 17.8. The molecule has 4 nitrogen and oxygen atoms in total. The van der Waals surface area contributed by atoms with E-state index in [0.29, 0.717) is 24.4 Å². The summed E-state index contributed by atoms with van der Waals surface area (Å²) in [6, 6.07) is 0. The number of aliphatic hydroxyl groups is 2. The van der Waals surface area contributed by atoms with Crippen LogP contribution in [0.15, 0.2) is 11.6 Å². The predicted octanol–water partition coefficient (Wildman–Crippen LogP) is 7.27. The van der Waals surface area contributed by atoms with E-state index in [0.717, 1.165) is 64.4 Å². The molecule has 7 rings (SSSR count). The number of rotatable bonds is 4. The average Bonchev–Trinajstić information content (AvgIpc) is 3.07. The van der Waals surface area contributed by atoms with E-state index < -0.39 is 0 Å². The Kier molecular flexibility index (Phi) is 6.42. The van der Waals surface area contributed by atoms with Crippen LogP contribution in [0.5, 0.6) is 0 Å². The first-order valence-electron chi connectivity index (χ1n) is 16.1. The molecule has 0 unspecified atom stereocenters. The Morgan fingerprint density at radius 2 is 1.68 bits per heavy atom. The molecule has 11 atom stereocenters. The third-order valence-electron chi connectivity index (χ3n) is 14.5. The third kappa shape index (κ3) is 3.42. The van der Waals surface area contributed by atoms with Gasteiger partial charge in [0.15, 0.2) is 6.29 Å². The summed E-state index contributed by atoms with van der Waals surface area (Å²) in [5.41, 5.74) is 1.84. The van der Waals surface area contributed by atoms with E-state index in [1.807, 2.05) is 0 Å². The molecule has 2 N–H and O–H groups in total. The van der Waals surface area contributed by atoms with Gasteiger partial charge in [0.1, 0.15) is 0 Å². The van der Waals surface area contributed by atoms with Crippen molar-refractivity contribution in [2.24, 2.45) is 50.2 Å². The molecule has 2 bridgehead atoms. The van der Waals surface area contributed by atoms with Crippen LogP contribution in [0.3, 0.4) is 0 Å². The highest BCUT2D eigenvalue weighted by molar-refractivity contribution is 5.35. The minimum Gasteiger partial charge on any atom is -0.393 e. The number of hydrogen-bond donors (Lipinski definition) is 2. The molecule has 4 saturated carbocycles. The predicted molar refractivity (Wildman–Crippen MR) is 151 cm³/mol. The molecule has 0 amide bonds. The van der Waals surface area contributed by atoms with E-state index in [4.69, 9.17) is 9.47 Å². The van der Waals surface area contributed by atoms with E-state index in [-0.39, 0.29) is 51.0 Å². The van der Waals surface area contributed by atoms with Crippen LogP contribution < -0.4 is 0 Å². The van der Waals surface area contributed by atoms with Crippen molar-refractivity contribution in [2.75, 3.05) is 13.2 Å². The second-order valence-corrected chi connectivity index (χ2v) is 16.4. The molecule has 0 aromatic heterocycles. The zero-order valence-electron chi connectivity index (χ0n) is 25.4. The van der Waals surface area contributed by atoms with Gasteiger partial charge in [0.25, 0.3) is 0 Å². The quantitative estimate of drug-likeness (QED) is 0.297. The SMILES string of the molecule is CCCCO[C@@H]1OC[C@]23CC[C@@]1(C)C[C@H]2C1=CC[C@@H]2[C@@]4(C)CC[C@H](O)C(C)(C)[C@@H]4CC[C@@]2(C)[C@]1(C)C[C@H]3O. The van der Waals surface area contributed by atoms with Crippen molar-refractivity contribution in [3.8, 4) is 0 Å². The zero-order valence-corrected chi connectivity index (χ0v) is 25.4. The number of unbranched alkanes of at least 4 members (excludes halogenated alkanes) is 1. The maximum absolute atomic E-state index is 12.1. The van der Waals surface area contributed by atoms with Gasteiger partial charge in [-0.15, -0.1) is 0 Å². The van der Waals surface area contributed by atoms with E-state index >= 15 is 0 Å². The number of hydrogen-bond acceptors (Lipinski definition) is 4. The molecule has 4 heteroatoms. The van der Waals surface area contributed by atoms with Gasteiger partial charge in [0.05, 0.1) is 18.8 Å². The fourth-order valence-corrected chi connectivity index (χ4v) is 11.8. The van der Waals surface area contributed by atoms with Gasteiger partial charge in [0, 0.05) is 17.4 Å². The molecule has 2 saturated heterocycles. The Morgan fingerprint density at radius 3 is 2.42 bits per heavy atom. The van der Waals surface area contributed by atoms with Gasteiger partial charge in [-0.2, -0.15) is 0 Å². The Balaban J connectivity index is 1.38. The summed E-state index contributed by atoms with van der Waals surface area (Å²) in [6.07, 6.45) is 13.8. The largest absolute Gasteiger partial charge is 0.393 e. The molecule has 216 valence electrons. The van der Waals surface area contributed by atoms with E-state index in [1.54, 1.807) is 5.57 Å². The van der Waals surface area contributed by atoms with E-state index in [1.165, 1.54) is 12.8 Å². The molecule has 5 aliphatic carbocycles. The Morgan fingerprint density at radius 1 is 0.921 bits per heavy atom. The summed E-state index contributed by atoms with van der Waals surface area (Å²) >= 11 is 0. The van der Waals surface area contributed by atoms with Crippen LogP contribution in [0.2, 0.25) is 0 Å². The Labute approximate surface area is 232 Å². The summed E-state index contributed by atoms with van der Waals surface area (Å²) in [7, 11) is 0. The van der Waals surface area contributed by atoms with Gasteiger partial charge >= 0.3 is 0 Å². The van der Waals surface area contributed by atoms with Crippen LogP contribution in [-0.4, -0.2) is 41.9 Å². The fraction of sp³-hybridized carbons (Fsp3) is 0.941. The maximum Gasteiger partial charge on any atom is 0.162 e. The first kappa shape index (κ1) is 27.7. The maximum atomic E-state index is 12.1. The molecule has 7 aliphatic rings. The molecular formula is C34H56O4. The molecule has 1 spiro atoms. The summed E-state index contributed by atoms with van der Waals surface area (Å²) in [6.45, 7) is 18.3. The topological polar surface area (TPSA) is 58.9 Å². The second-order valence-electron chi connectivity index (χ2n) is 16.4. The van der Waals surface area contributed by atoms with Crippen LogP contribution in [-0.2, 0) is 9.47 Å². The number of fused-ring (bicyclic) bond motifs is 8. The van der Waals surface area contributed by atoms with Crippen molar-refractivity contribution in [3.05, 3.63) is 11.6 Å². The summed E-state index contributed by atoms with van der Waals surface area (Å²) in [5.74, 6) is 1.52. The normalized spacial score (nSPS) is 55.1. The van der Waals surface area contributed by atoms with E-state index in [9.17, 15) is 10.2 Å². The van der Waals surface area contributed by atoms with Gasteiger partial charge in [-0.1, -0.05) is 66.5 Å². The summed E-state index contributed by atoms with van der Waals surface area (Å²) in [4.78, 5) is 0. The van der Waals surface area contributed by atoms with Gasteiger partial charge < -0.3 is 19.7 Å². The minimum absolute atomic E-state index is 0.00115. The average molecular weight is 529 g/mol. The van der Waals surface area contributed by atoms with Gasteiger partial charge in [0.2, 0.25) is 0 Å². The Hall–Kier alpha value is -0.420. The van der Waals surface area contributed by atoms with Gasteiger partial charge in [-0.3, -0.25) is 0 Å². The summed E-state index contributed by atoms with van der Waals surface area (Å²) < 4.78 is 13.0. The molecule has 6 fully saturated rings. The van der Waals surface area contributed by atoms with E-state index in [2.05, 4.69) is 54.5 Å². The van der Waals surface area contributed by atoms with Crippen LogP contribution in [0.1, 0.15) is 119 Å². The molecule has 2 heterocycles. The van der Waals surface area contributed by atoms with Crippen molar-refractivity contribution in [1.29, 1.82) is 0 Å². The van der Waals surface area contributed by atoms with Gasteiger partial charge in [-0.25, -0.2) is 0 Å². The van der Waals surface area contributed by atoms with Crippen LogP contribution in [0, 0.1) is 50.2 Å². The standard InChI is InChI=1S/C34H56O4/c1-8-9-18-37-28-30(4)16-17-34(21-38-28)23(19-30)22-10-11-25-31(5)14-13-26(35)29(2,3)24(31)12-15-32(25,6)33(22,7)20-27(34)36/h10,23-28,35-36H,8-9,11-21H2,1-7H3/t23-,24-,25+,26-,27+,28+,30-,31-,32+,33+,34+/m0/s1.